The molecule has 0 saturated heterocycles. The molecule has 0 spiro atoms. The van der Waals surface area contributed by atoms with Gasteiger partial charge in [-0.15, -0.1) is 0 Å². The Kier molecular flexibility index (Phi) is 2.08. The van der Waals surface area contributed by atoms with Gasteiger partial charge in [-0.25, -0.2) is 0 Å². The highest BCUT2D eigenvalue weighted by molar-refractivity contribution is 5.73. The first kappa shape index (κ1) is 8.35. The topological polar surface area (TPSA) is 28.2 Å². The summed E-state index contributed by atoms with van der Waals surface area (Å²) in [5.74, 6) is 0. The van der Waals surface area contributed by atoms with Gasteiger partial charge in [0, 0.05) is 12.2 Å². The van der Waals surface area contributed by atoms with Crippen LogP contribution in [0.25, 0.3) is 0 Å². The van der Waals surface area contributed by atoms with Gasteiger partial charge in [-0.3, -0.25) is 4.98 Å². The summed E-state index contributed by atoms with van der Waals surface area (Å²) in [5, 5.41) is 3.35. The number of nitrogens with zero attached hydrogens (tertiary/aromatic N) is 2. The van der Waals surface area contributed by atoms with Crippen molar-refractivity contribution in [3.05, 3.63) is 18.5 Å². The van der Waals surface area contributed by atoms with Crippen molar-refractivity contribution in [2.24, 2.45) is 0 Å². The Hall–Kier alpha value is -1.25. The molecule has 1 atom stereocenters. The minimum Gasteiger partial charge on any atom is -0.366 e. The number of nitrogens with one attached hydrogen (secondary N) is 1. The zero-order valence-electron chi connectivity index (χ0n) is 8.12. The number of fused-ring (bicyclic) bond motifs is 1. The Morgan fingerprint density at radius 2 is 2.54 bits per heavy atom. The molecule has 3 nitrogen and oxygen atoms in total. The highest BCUT2D eigenvalue weighted by Crippen LogP contribution is 2.31. The number of pyridine rings is 1. The maximum Gasteiger partial charge on any atom is 0.0881 e. The first-order valence-corrected chi connectivity index (χ1v) is 4.77. The molecule has 2 rings (SSSR count). The zero-order chi connectivity index (χ0) is 9.26. The standard InChI is InChI=1S/C10H15N3/c1-3-8(2)13-7-12-9-4-5-11-6-10(9)13/h4-6,8,12H,3,7H2,1-2H3/t8-/m1/s1. The Labute approximate surface area is 78.8 Å². The van der Waals surface area contributed by atoms with Crippen LogP contribution >= 0.6 is 0 Å². The number of hydrogen-bond donors (Lipinski definition) is 1. The van der Waals surface area contributed by atoms with Crippen molar-refractivity contribution in [2.45, 2.75) is 26.3 Å². The Morgan fingerprint density at radius 1 is 1.69 bits per heavy atom. The van der Waals surface area contributed by atoms with Crippen LogP contribution in [-0.4, -0.2) is 17.7 Å². The Balaban J connectivity index is 2.28. The minimum atomic E-state index is 0.581. The highest BCUT2D eigenvalue weighted by Gasteiger charge is 2.21. The molecule has 3 heteroatoms. The van der Waals surface area contributed by atoms with E-state index in [1.807, 2.05) is 18.5 Å². The van der Waals surface area contributed by atoms with E-state index in [4.69, 9.17) is 0 Å². The number of aromatic nitrogens is 1. The second-order valence-electron chi connectivity index (χ2n) is 3.45. The summed E-state index contributed by atoms with van der Waals surface area (Å²) in [4.78, 5) is 6.49. The first-order chi connectivity index (χ1) is 6.33. The SMILES string of the molecule is CC[C@@H](C)N1CNc2ccncc21. The minimum absolute atomic E-state index is 0.581. The van der Waals surface area contributed by atoms with E-state index < -0.39 is 0 Å². The van der Waals surface area contributed by atoms with Gasteiger partial charge in [0.15, 0.2) is 0 Å². The molecule has 1 aromatic heterocycles. The zero-order valence-corrected chi connectivity index (χ0v) is 8.12. The van der Waals surface area contributed by atoms with Crippen LogP contribution in [0.3, 0.4) is 0 Å². The average Bonchev–Trinajstić information content (AvgIpc) is 2.60. The van der Waals surface area contributed by atoms with Crippen LogP contribution < -0.4 is 10.2 Å². The predicted octanol–water partition coefficient (Wildman–Crippen LogP) is 2.07. The van der Waals surface area contributed by atoms with Crippen LogP contribution in [0.1, 0.15) is 20.3 Å². The molecule has 0 unspecified atom stereocenters. The van der Waals surface area contributed by atoms with Crippen LogP contribution in [0.15, 0.2) is 18.5 Å². The molecule has 70 valence electrons. The van der Waals surface area contributed by atoms with E-state index in [1.165, 1.54) is 11.4 Å². The van der Waals surface area contributed by atoms with Gasteiger partial charge in [-0.1, -0.05) is 6.92 Å². The fourth-order valence-corrected chi connectivity index (χ4v) is 1.63. The number of anilines is 2. The molecule has 1 aliphatic rings. The normalized spacial score (nSPS) is 16.6. The number of hydrogen-bond acceptors (Lipinski definition) is 3. The quantitative estimate of drug-likeness (QED) is 0.749. The van der Waals surface area contributed by atoms with Crippen LogP contribution in [0.2, 0.25) is 0 Å². The summed E-state index contributed by atoms with van der Waals surface area (Å²) < 4.78 is 0. The summed E-state index contributed by atoms with van der Waals surface area (Å²) in [6.45, 7) is 5.36. The van der Waals surface area contributed by atoms with Crippen LogP contribution in [0.4, 0.5) is 11.4 Å². The second-order valence-corrected chi connectivity index (χ2v) is 3.45. The lowest BCUT2D eigenvalue weighted by Crippen LogP contribution is -2.32. The van der Waals surface area contributed by atoms with Gasteiger partial charge in [0.05, 0.1) is 24.2 Å². The molecule has 1 aliphatic heterocycles. The van der Waals surface area contributed by atoms with Crippen molar-refractivity contribution in [3.8, 4) is 0 Å². The van der Waals surface area contributed by atoms with E-state index in [9.17, 15) is 0 Å². The van der Waals surface area contributed by atoms with Crippen molar-refractivity contribution in [2.75, 3.05) is 16.9 Å². The summed E-state index contributed by atoms with van der Waals surface area (Å²) in [6.07, 6.45) is 4.92. The molecule has 0 saturated carbocycles. The van der Waals surface area contributed by atoms with Crippen molar-refractivity contribution >= 4 is 11.4 Å². The highest BCUT2D eigenvalue weighted by atomic mass is 15.3. The molecule has 0 amide bonds. The van der Waals surface area contributed by atoms with Gasteiger partial charge < -0.3 is 10.2 Å². The van der Waals surface area contributed by atoms with Gasteiger partial charge in [-0.2, -0.15) is 0 Å². The molecule has 0 fully saturated rings. The largest absolute Gasteiger partial charge is 0.366 e. The summed E-state index contributed by atoms with van der Waals surface area (Å²) in [5.41, 5.74) is 2.44. The van der Waals surface area contributed by atoms with E-state index in [-0.39, 0.29) is 0 Å². The lowest BCUT2D eigenvalue weighted by molar-refractivity contribution is 0.645. The van der Waals surface area contributed by atoms with Crippen molar-refractivity contribution < 1.29 is 0 Å². The monoisotopic (exact) mass is 177 g/mol. The fraction of sp³-hybridized carbons (Fsp3) is 0.500. The van der Waals surface area contributed by atoms with Gasteiger partial charge >= 0.3 is 0 Å². The lowest BCUT2D eigenvalue weighted by atomic mass is 10.2. The predicted molar refractivity (Wildman–Crippen MR) is 55.0 cm³/mol. The number of rotatable bonds is 2. The van der Waals surface area contributed by atoms with Crippen molar-refractivity contribution in [1.29, 1.82) is 0 Å². The van der Waals surface area contributed by atoms with E-state index >= 15 is 0 Å². The maximum absolute atomic E-state index is 4.14. The Morgan fingerprint density at radius 3 is 3.31 bits per heavy atom. The van der Waals surface area contributed by atoms with E-state index in [2.05, 4.69) is 29.0 Å². The molecular weight excluding hydrogens is 162 g/mol. The maximum atomic E-state index is 4.14. The van der Waals surface area contributed by atoms with Crippen molar-refractivity contribution in [1.82, 2.24) is 4.98 Å². The van der Waals surface area contributed by atoms with Gasteiger partial charge in [0.2, 0.25) is 0 Å². The molecule has 0 radical (unpaired) electrons. The van der Waals surface area contributed by atoms with Crippen LogP contribution in [-0.2, 0) is 0 Å². The smallest absolute Gasteiger partial charge is 0.0881 e. The third-order valence-electron chi connectivity index (χ3n) is 2.67. The average molecular weight is 177 g/mol. The van der Waals surface area contributed by atoms with Crippen molar-refractivity contribution in [3.63, 3.8) is 0 Å². The van der Waals surface area contributed by atoms with Gasteiger partial charge in [0.25, 0.3) is 0 Å². The van der Waals surface area contributed by atoms with Gasteiger partial charge in [0.1, 0.15) is 0 Å². The lowest BCUT2D eigenvalue weighted by Gasteiger charge is -2.24. The van der Waals surface area contributed by atoms with E-state index in [0.717, 1.165) is 13.1 Å². The molecule has 0 aliphatic carbocycles. The molecule has 1 aromatic rings. The van der Waals surface area contributed by atoms with E-state index in [1.54, 1.807) is 0 Å². The summed E-state index contributed by atoms with van der Waals surface area (Å²) in [7, 11) is 0. The molecular formula is C10H15N3. The summed E-state index contributed by atoms with van der Waals surface area (Å²) in [6, 6.07) is 2.61. The molecule has 13 heavy (non-hydrogen) atoms. The third kappa shape index (κ3) is 1.34. The molecule has 0 aromatic carbocycles. The third-order valence-corrected chi connectivity index (χ3v) is 2.67. The molecule has 2 heterocycles. The van der Waals surface area contributed by atoms with E-state index in [0.29, 0.717) is 6.04 Å². The van der Waals surface area contributed by atoms with Gasteiger partial charge in [-0.05, 0) is 19.4 Å². The second kappa shape index (κ2) is 3.24. The fourth-order valence-electron chi connectivity index (χ4n) is 1.63. The molecule has 1 N–H and O–H groups in total. The Bertz CT molecular complexity index is 298. The van der Waals surface area contributed by atoms with Crippen LogP contribution in [0.5, 0.6) is 0 Å². The van der Waals surface area contributed by atoms with Crippen LogP contribution in [0, 0.1) is 0 Å². The first-order valence-electron chi connectivity index (χ1n) is 4.77. The molecule has 0 bridgehead atoms. The summed E-state index contributed by atoms with van der Waals surface area (Å²) >= 11 is 0.